The number of anilines is 2. The summed E-state index contributed by atoms with van der Waals surface area (Å²) in [6.45, 7) is 4.43. The molecular formula is C25H30N4O2S. The quantitative estimate of drug-likeness (QED) is 0.186. The highest BCUT2D eigenvalue weighted by Gasteiger charge is 2.05. The summed E-state index contributed by atoms with van der Waals surface area (Å²) < 4.78 is 5.96. The van der Waals surface area contributed by atoms with E-state index in [0.717, 1.165) is 41.3 Å². The van der Waals surface area contributed by atoms with Gasteiger partial charge in [-0.1, -0.05) is 56.9 Å². The maximum absolute atomic E-state index is 11.1. The van der Waals surface area contributed by atoms with E-state index in [-0.39, 0.29) is 5.91 Å². The molecule has 0 aliphatic rings. The van der Waals surface area contributed by atoms with Crippen LogP contribution in [0, 0.1) is 0 Å². The maximum Gasteiger partial charge on any atom is 0.221 e. The molecule has 0 saturated carbocycles. The van der Waals surface area contributed by atoms with Crippen LogP contribution in [0.5, 0.6) is 5.75 Å². The number of carbonyl (C=O) groups is 1. The fraction of sp³-hybridized carbons (Fsp3) is 0.320. The van der Waals surface area contributed by atoms with Crippen LogP contribution < -0.4 is 15.5 Å². The fourth-order valence-corrected chi connectivity index (χ4v) is 3.82. The number of carbonyl (C=O) groups excluding carboxylic acids is 1. The van der Waals surface area contributed by atoms with Crippen LogP contribution in [-0.2, 0) is 4.79 Å². The lowest BCUT2D eigenvalue weighted by Crippen LogP contribution is -2.05. The van der Waals surface area contributed by atoms with Crippen LogP contribution in [0.2, 0.25) is 0 Å². The Balaban J connectivity index is 1.53. The van der Waals surface area contributed by atoms with Gasteiger partial charge in [-0.2, -0.15) is 5.10 Å². The number of hydrogen-bond acceptors (Lipinski definition) is 6. The number of hydrogen-bond donors (Lipinski definition) is 2. The van der Waals surface area contributed by atoms with Gasteiger partial charge in [-0.05, 0) is 30.7 Å². The highest BCUT2D eigenvalue weighted by molar-refractivity contribution is 7.14. The van der Waals surface area contributed by atoms with Crippen molar-refractivity contribution in [2.75, 3.05) is 17.3 Å². The highest BCUT2D eigenvalue weighted by Crippen LogP contribution is 2.26. The minimum Gasteiger partial charge on any atom is -0.493 e. The van der Waals surface area contributed by atoms with Gasteiger partial charge in [-0.15, -0.1) is 11.3 Å². The molecule has 3 rings (SSSR count). The van der Waals surface area contributed by atoms with E-state index in [1.807, 2.05) is 53.9 Å². The van der Waals surface area contributed by atoms with Crippen molar-refractivity contribution in [3.05, 3.63) is 59.5 Å². The van der Waals surface area contributed by atoms with E-state index < -0.39 is 0 Å². The third-order valence-electron chi connectivity index (χ3n) is 4.79. The molecule has 2 N–H and O–H groups in total. The van der Waals surface area contributed by atoms with E-state index in [9.17, 15) is 4.79 Å². The number of rotatable bonds is 12. The average Bonchev–Trinajstić information content (AvgIpc) is 3.26. The molecule has 168 valence electrons. The summed E-state index contributed by atoms with van der Waals surface area (Å²) in [5.41, 5.74) is 6.53. The van der Waals surface area contributed by atoms with Gasteiger partial charge in [0.15, 0.2) is 0 Å². The topological polar surface area (TPSA) is 75.6 Å². The Morgan fingerprint density at radius 1 is 1.09 bits per heavy atom. The molecule has 3 aromatic rings. The number of hydrazone groups is 1. The van der Waals surface area contributed by atoms with Crippen molar-refractivity contribution in [2.24, 2.45) is 5.10 Å². The normalized spacial score (nSPS) is 10.9. The van der Waals surface area contributed by atoms with Crippen LogP contribution in [0.25, 0.3) is 11.3 Å². The molecule has 0 aliphatic carbocycles. The van der Waals surface area contributed by atoms with E-state index in [4.69, 9.17) is 4.74 Å². The van der Waals surface area contributed by atoms with Crippen molar-refractivity contribution in [3.63, 3.8) is 0 Å². The summed E-state index contributed by atoms with van der Waals surface area (Å²) in [5, 5.41) is 9.78. The molecular weight excluding hydrogens is 420 g/mol. The van der Waals surface area contributed by atoms with Crippen LogP contribution in [0.1, 0.15) is 51.5 Å². The van der Waals surface area contributed by atoms with Gasteiger partial charge in [0.2, 0.25) is 11.0 Å². The number of para-hydroxylation sites is 1. The fourth-order valence-electron chi connectivity index (χ4n) is 3.15. The summed E-state index contributed by atoms with van der Waals surface area (Å²) in [6, 6.07) is 15.5. The smallest absolute Gasteiger partial charge is 0.221 e. The number of nitrogens with zero attached hydrogens (tertiary/aromatic N) is 2. The summed E-state index contributed by atoms with van der Waals surface area (Å²) >= 11 is 1.48. The van der Waals surface area contributed by atoms with Gasteiger partial charge >= 0.3 is 0 Å². The molecule has 1 amide bonds. The van der Waals surface area contributed by atoms with Crippen molar-refractivity contribution >= 4 is 34.3 Å². The van der Waals surface area contributed by atoms with Gasteiger partial charge in [0.1, 0.15) is 5.75 Å². The number of ether oxygens (including phenoxy) is 1. The second kappa shape index (κ2) is 12.6. The van der Waals surface area contributed by atoms with Gasteiger partial charge in [0, 0.05) is 29.1 Å². The van der Waals surface area contributed by atoms with Crippen molar-refractivity contribution in [3.8, 4) is 17.0 Å². The number of unbranched alkanes of at least 4 members (excludes halogenated alkanes) is 4. The van der Waals surface area contributed by atoms with Crippen molar-refractivity contribution in [1.82, 2.24) is 4.98 Å². The molecule has 1 heterocycles. The summed E-state index contributed by atoms with van der Waals surface area (Å²) in [4.78, 5) is 15.7. The number of thiazole rings is 1. The lowest BCUT2D eigenvalue weighted by atomic mass is 10.1. The minimum atomic E-state index is -0.0882. The van der Waals surface area contributed by atoms with E-state index in [1.54, 1.807) is 6.21 Å². The van der Waals surface area contributed by atoms with Crippen molar-refractivity contribution in [2.45, 2.75) is 46.0 Å². The monoisotopic (exact) mass is 450 g/mol. The molecule has 0 spiro atoms. The van der Waals surface area contributed by atoms with E-state index >= 15 is 0 Å². The standard InChI is InChI=1S/C25H30N4O2S/c1-3-4-5-6-9-16-31-24-11-8-7-10-21(24)17-26-29-25-28-23(18-32-25)20-12-14-22(15-13-20)27-19(2)30/h7-8,10-15,17-18H,3-6,9,16H2,1-2H3,(H,27,30)(H,28,29)/b26-17-. The van der Waals surface area contributed by atoms with Crippen molar-refractivity contribution in [1.29, 1.82) is 0 Å². The number of nitrogens with one attached hydrogen (secondary N) is 2. The van der Waals surface area contributed by atoms with Gasteiger partial charge in [-0.3, -0.25) is 10.2 Å². The molecule has 0 aliphatic heterocycles. The Labute approximate surface area is 193 Å². The molecule has 0 atom stereocenters. The first-order valence-corrected chi connectivity index (χ1v) is 11.9. The third kappa shape index (κ3) is 7.50. The average molecular weight is 451 g/mol. The predicted octanol–water partition coefficient (Wildman–Crippen LogP) is 6.56. The largest absolute Gasteiger partial charge is 0.493 e. The van der Waals surface area contributed by atoms with Gasteiger partial charge in [0.05, 0.1) is 18.5 Å². The zero-order valence-corrected chi connectivity index (χ0v) is 19.5. The third-order valence-corrected chi connectivity index (χ3v) is 5.54. The second-order valence-electron chi connectivity index (χ2n) is 7.47. The first-order chi connectivity index (χ1) is 15.7. The first kappa shape index (κ1) is 23.5. The zero-order valence-electron chi connectivity index (χ0n) is 18.6. The Hall–Kier alpha value is -3.19. The Morgan fingerprint density at radius 3 is 2.66 bits per heavy atom. The SMILES string of the molecule is CCCCCCCOc1ccccc1/C=N\Nc1nc(-c2ccc(NC(C)=O)cc2)cs1. The van der Waals surface area contributed by atoms with E-state index in [0.29, 0.717) is 5.13 Å². The number of amides is 1. The Bertz CT molecular complexity index is 1010. The zero-order chi connectivity index (χ0) is 22.6. The van der Waals surface area contributed by atoms with Crippen LogP contribution >= 0.6 is 11.3 Å². The lowest BCUT2D eigenvalue weighted by molar-refractivity contribution is -0.114. The van der Waals surface area contributed by atoms with Gasteiger partial charge in [-0.25, -0.2) is 4.98 Å². The van der Waals surface area contributed by atoms with Crippen LogP contribution in [0.3, 0.4) is 0 Å². The first-order valence-electron chi connectivity index (χ1n) is 11.0. The lowest BCUT2D eigenvalue weighted by Gasteiger charge is -2.08. The Morgan fingerprint density at radius 2 is 1.88 bits per heavy atom. The van der Waals surface area contributed by atoms with Crippen LogP contribution in [0.4, 0.5) is 10.8 Å². The highest BCUT2D eigenvalue weighted by atomic mass is 32.1. The molecule has 0 bridgehead atoms. The van der Waals surface area contributed by atoms with Crippen molar-refractivity contribution < 1.29 is 9.53 Å². The Kier molecular flexibility index (Phi) is 9.25. The molecule has 0 saturated heterocycles. The number of benzene rings is 2. The molecule has 2 aromatic carbocycles. The van der Waals surface area contributed by atoms with Crippen LogP contribution in [-0.4, -0.2) is 23.7 Å². The molecule has 0 radical (unpaired) electrons. The van der Waals surface area contributed by atoms with Gasteiger partial charge < -0.3 is 10.1 Å². The van der Waals surface area contributed by atoms with E-state index in [1.165, 1.54) is 43.9 Å². The number of aromatic nitrogens is 1. The summed E-state index contributed by atoms with van der Waals surface area (Å²) in [7, 11) is 0. The molecule has 7 heteroatoms. The molecule has 6 nitrogen and oxygen atoms in total. The molecule has 0 unspecified atom stereocenters. The van der Waals surface area contributed by atoms with E-state index in [2.05, 4.69) is 27.8 Å². The second-order valence-corrected chi connectivity index (χ2v) is 8.33. The molecule has 1 aromatic heterocycles. The molecule has 0 fully saturated rings. The van der Waals surface area contributed by atoms with Crippen LogP contribution in [0.15, 0.2) is 59.0 Å². The maximum atomic E-state index is 11.1. The molecule has 32 heavy (non-hydrogen) atoms. The van der Waals surface area contributed by atoms with Gasteiger partial charge in [0.25, 0.3) is 0 Å². The minimum absolute atomic E-state index is 0.0882. The summed E-state index contributed by atoms with van der Waals surface area (Å²) in [5.74, 6) is 0.752. The summed E-state index contributed by atoms with van der Waals surface area (Å²) in [6.07, 6.45) is 7.83. The predicted molar refractivity (Wildman–Crippen MR) is 134 cm³/mol.